The molecule has 0 aliphatic carbocycles. The Hall–Kier alpha value is -2.27. The minimum atomic E-state index is -0.335. The Kier molecular flexibility index (Phi) is 15.9. The van der Waals surface area contributed by atoms with Gasteiger partial charge in [0.25, 0.3) is 0 Å². The monoisotopic (exact) mass is 841 g/mol. The second-order valence-corrected chi connectivity index (χ2v) is 19.1. The fourth-order valence-electron chi connectivity index (χ4n) is 3.46. The van der Waals surface area contributed by atoms with Crippen LogP contribution in [0.1, 0.15) is 0 Å². The van der Waals surface area contributed by atoms with Crippen molar-refractivity contribution in [1.29, 1.82) is 0 Å². The molecular formula is C36H32NSb3-. The van der Waals surface area contributed by atoms with Gasteiger partial charge in [-0.2, -0.15) is 0 Å². The molecule has 0 heterocycles. The number of nitrogens with two attached hydrogens (primary N) is 1. The molecule has 0 bridgehead atoms. The summed E-state index contributed by atoms with van der Waals surface area (Å²) in [5.41, 5.74) is 0. The second kappa shape index (κ2) is 19.8. The van der Waals surface area contributed by atoms with Crippen LogP contribution in [0.25, 0.3) is 6.15 Å². The molecule has 0 amide bonds. The molecule has 0 unspecified atom stereocenters. The van der Waals surface area contributed by atoms with Crippen LogP contribution in [0.4, 0.5) is 0 Å². The quantitative estimate of drug-likeness (QED) is 0.218. The van der Waals surface area contributed by atoms with Gasteiger partial charge < -0.3 is 6.15 Å². The first kappa shape index (κ1) is 32.3. The standard InChI is InChI=1S/6C6H5.H2N.3Sb/c6*1-2-4-6-5-3-1;;;;/h6*1-5H;1H2;;;/q;;;;;;-1;;;. The van der Waals surface area contributed by atoms with Crippen LogP contribution in [-0.4, -0.2) is 64.8 Å². The molecule has 2 N–H and O–H groups in total. The maximum atomic E-state index is 2.23. The Bertz CT molecular complexity index is 1140. The average molecular weight is 844 g/mol. The summed E-state index contributed by atoms with van der Waals surface area (Å²) in [6.45, 7) is 0. The zero-order chi connectivity index (χ0) is 26.8. The first-order chi connectivity index (χ1) is 19.3. The van der Waals surface area contributed by atoms with E-state index in [1.807, 2.05) is 0 Å². The summed E-state index contributed by atoms with van der Waals surface area (Å²) in [5, 5.41) is 0. The van der Waals surface area contributed by atoms with E-state index in [2.05, 4.69) is 182 Å². The van der Waals surface area contributed by atoms with Gasteiger partial charge in [-0.15, -0.1) is 0 Å². The third-order valence-corrected chi connectivity index (χ3v) is 14.8. The molecule has 0 aliphatic heterocycles. The number of hydrogen-bond donors (Lipinski definition) is 0. The Morgan fingerprint density at radius 3 is 0.450 bits per heavy atom. The molecule has 6 aromatic rings. The zero-order valence-corrected chi connectivity index (χ0v) is 29.9. The minimum absolute atomic E-state index is 0. The van der Waals surface area contributed by atoms with Gasteiger partial charge in [0.2, 0.25) is 0 Å². The van der Waals surface area contributed by atoms with E-state index < -0.39 is 0 Å². The van der Waals surface area contributed by atoms with Crippen LogP contribution in [0.15, 0.2) is 182 Å². The van der Waals surface area contributed by atoms with Crippen LogP contribution in [0.5, 0.6) is 0 Å². The summed E-state index contributed by atoms with van der Waals surface area (Å²) < 4.78 is 9.12. The Morgan fingerprint density at radius 1 is 0.200 bits per heavy atom. The van der Waals surface area contributed by atoms with Gasteiger partial charge in [0, 0.05) is 0 Å². The van der Waals surface area contributed by atoms with E-state index in [9.17, 15) is 0 Å². The van der Waals surface area contributed by atoms with Crippen LogP contribution < -0.4 is 21.1 Å². The van der Waals surface area contributed by atoms with Crippen molar-refractivity contribution in [2.45, 2.75) is 0 Å². The second-order valence-electron chi connectivity index (χ2n) is 8.35. The first-order valence-corrected chi connectivity index (χ1v) is 20.5. The molecule has 0 saturated heterocycles. The van der Waals surface area contributed by atoms with Crippen LogP contribution >= 0.6 is 0 Å². The fraction of sp³-hybridized carbons (Fsp3) is 0. The van der Waals surface area contributed by atoms with E-state index in [1.165, 1.54) is 21.1 Å². The molecule has 1 nitrogen and oxygen atoms in total. The Morgan fingerprint density at radius 2 is 0.325 bits per heavy atom. The maximum absolute atomic E-state index is 2.23. The summed E-state index contributed by atoms with van der Waals surface area (Å²) in [4.78, 5) is 0. The van der Waals surface area contributed by atoms with Gasteiger partial charge in [0.05, 0.1) is 0 Å². The SMILES string of the molecule is [NH2-].c1cc[c]([Sb][c]2ccccc2)cc1.c1cc[c]([Sb][c]2ccccc2)cc1.c1cc[c]([Sb][c]2ccccc2)cc1. The molecule has 40 heavy (non-hydrogen) atoms. The van der Waals surface area contributed by atoms with Gasteiger partial charge in [-0.1, -0.05) is 0 Å². The zero-order valence-electron chi connectivity index (χ0n) is 22.2. The van der Waals surface area contributed by atoms with Crippen LogP contribution in [-0.2, 0) is 0 Å². The number of hydrogen-bond acceptors (Lipinski definition) is 0. The molecule has 6 aromatic carbocycles. The Labute approximate surface area is 271 Å². The molecule has 6 rings (SSSR count). The van der Waals surface area contributed by atoms with Crippen molar-refractivity contribution in [3.05, 3.63) is 188 Å². The van der Waals surface area contributed by atoms with Crippen molar-refractivity contribution in [2.24, 2.45) is 0 Å². The van der Waals surface area contributed by atoms with E-state index in [0.29, 0.717) is 0 Å². The summed E-state index contributed by atoms with van der Waals surface area (Å²) in [6, 6.07) is 64.6. The molecule has 0 aromatic heterocycles. The predicted octanol–water partition coefficient (Wildman–Crippen LogP) is 4.74. The number of rotatable bonds is 6. The summed E-state index contributed by atoms with van der Waals surface area (Å²) in [6.07, 6.45) is 0. The topological polar surface area (TPSA) is 33.5 Å². The molecule has 0 spiro atoms. The van der Waals surface area contributed by atoms with E-state index in [0.717, 1.165) is 0 Å². The molecular weight excluding hydrogens is 812 g/mol. The van der Waals surface area contributed by atoms with Gasteiger partial charge in [0.15, 0.2) is 0 Å². The van der Waals surface area contributed by atoms with Gasteiger partial charge in [-0.25, -0.2) is 0 Å². The van der Waals surface area contributed by atoms with E-state index in [4.69, 9.17) is 0 Å². The number of benzene rings is 6. The van der Waals surface area contributed by atoms with E-state index in [-0.39, 0.29) is 71.0 Å². The van der Waals surface area contributed by atoms with Crippen molar-refractivity contribution in [2.75, 3.05) is 0 Å². The Balaban J connectivity index is 0.000000163. The normalized spacial score (nSPS) is 9.60. The van der Waals surface area contributed by atoms with Crippen molar-refractivity contribution in [3.63, 3.8) is 0 Å². The third kappa shape index (κ3) is 12.9. The summed E-state index contributed by atoms with van der Waals surface area (Å²) in [7, 11) is 0. The van der Waals surface area contributed by atoms with Gasteiger partial charge in [-0.05, 0) is 0 Å². The van der Waals surface area contributed by atoms with Crippen molar-refractivity contribution in [1.82, 2.24) is 0 Å². The molecule has 3 radical (unpaired) electrons. The van der Waals surface area contributed by atoms with E-state index in [1.54, 1.807) is 0 Å². The molecule has 0 atom stereocenters. The molecule has 4 heteroatoms. The molecule has 0 saturated carbocycles. The summed E-state index contributed by atoms with van der Waals surface area (Å²) >= 11 is -1.01. The van der Waals surface area contributed by atoms with Gasteiger partial charge in [-0.3, -0.25) is 0 Å². The fourth-order valence-corrected chi connectivity index (χ4v) is 11.5. The average Bonchev–Trinajstić information content (AvgIpc) is 3.01. The first-order valence-electron chi connectivity index (χ1n) is 12.8. The van der Waals surface area contributed by atoms with Crippen LogP contribution in [0.2, 0.25) is 0 Å². The van der Waals surface area contributed by atoms with Crippen LogP contribution in [0.3, 0.4) is 0 Å². The molecule has 0 aliphatic rings. The van der Waals surface area contributed by atoms with Crippen molar-refractivity contribution >= 4 is 85.9 Å². The van der Waals surface area contributed by atoms with Crippen molar-refractivity contribution in [3.8, 4) is 0 Å². The van der Waals surface area contributed by atoms with Gasteiger partial charge >= 0.3 is 268 Å². The third-order valence-electron chi connectivity index (χ3n) is 5.31. The predicted molar refractivity (Wildman–Crippen MR) is 179 cm³/mol. The van der Waals surface area contributed by atoms with Gasteiger partial charge in [0.1, 0.15) is 0 Å². The molecule has 0 fully saturated rings. The van der Waals surface area contributed by atoms with Crippen LogP contribution in [0, 0.1) is 0 Å². The molecule has 197 valence electrons. The van der Waals surface area contributed by atoms with Crippen molar-refractivity contribution < 1.29 is 0 Å². The summed E-state index contributed by atoms with van der Waals surface area (Å²) in [5.74, 6) is 0. The van der Waals surface area contributed by atoms with E-state index >= 15 is 0 Å².